The van der Waals surface area contributed by atoms with Crippen molar-refractivity contribution in [3.05, 3.63) is 29.3 Å². The SMILES string of the molecule is O=C1NCCCCC1Oc1ccc(CO)cc1C(F)(F)F. The molecule has 1 aliphatic rings. The summed E-state index contributed by atoms with van der Waals surface area (Å²) in [6.07, 6.45) is -3.67. The third kappa shape index (κ3) is 3.87. The Bertz CT molecular complexity index is 517. The molecule has 7 heteroatoms. The fraction of sp³-hybridized carbons (Fsp3) is 0.500. The Morgan fingerprint density at radius 2 is 2.10 bits per heavy atom. The van der Waals surface area contributed by atoms with Crippen molar-refractivity contribution in [2.45, 2.75) is 38.1 Å². The second-order valence-electron chi connectivity index (χ2n) is 4.88. The molecule has 21 heavy (non-hydrogen) atoms. The van der Waals surface area contributed by atoms with Crippen LogP contribution in [0.2, 0.25) is 0 Å². The molecule has 0 spiro atoms. The van der Waals surface area contributed by atoms with Gasteiger partial charge in [-0.1, -0.05) is 6.07 Å². The number of rotatable bonds is 3. The van der Waals surface area contributed by atoms with Crippen molar-refractivity contribution in [3.8, 4) is 5.75 Å². The molecule has 0 aliphatic carbocycles. The third-order valence-electron chi connectivity index (χ3n) is 3.29. The van der Waals surface area contributed by atoms with E-state index in [1.807, 2.05) is 0 Å². The molecule has 116 valence electrons. The van der Waals surface area contributed by atoms with Gasteiger partial charge in [0.05, 0.1) is 12.2 Å². The second kappa shape index (κ2) is 6.34. The number of aliphatic hydroxyl groups excluding tert-OH is 1. The van der Waals surface area contributed by atoms with E-state index in [0.717, 1.165) is 18.6 Å². The second-order valence-corrected chi connectivity index (χ2v) is 4.88. The summed E-state index contributed by atoms with van der Waals surface area (Å²) in [4.78, 5) is 11.7. The third-order valence-corrected chi connectivity index (χ3v) is 3.29. The van der Waals surface area contributed by atoms with Gasteiger partial charge in [-0.3, -0.25) is 4.79 Å². The zero-order chi connectivity index (χ0) is 15.5. The van der Waals surface area contributed by atoms with E-state index in [9.17, 15) is 18.0 Å². The molecule has 1 heterocycles. The lowest BCUT2D eigenvalue weighted by Gasteiger charge is -2.20. The topological polar surface area (TPSA) is 58.6 Å². The number of amides is 1. The van der Waals surface area contributed by atoms with Crippen molar-refractivity contribution in [1.29, 1.82) is 0 Å². The fourth-order valence-corrected chi connectivity index (χ4v) is 2.18. The van der Waals surface area contributed by atoms with Crippen LogP contribution in [-0.2, 0) is 17.6 Å². The van der Waals surface area contributed by atoms with Gasteiger partial charge in [-0.25, -0.2) is 0 Å². The van der Waals surface area contributed by atoms with Gasteiger partial charge in [0.15, 0.2) is 6.10 Å². The summed E-state index contributed by atoms with van der Waals surface area (Å²) in [5.41, 5.74) is -0.842. The lowest BCUT2D eigenvalue weighted by molar-refractivity contribution is -0.141. The maximum Gasteiger partial charge on any atom is 0.419 e. The first-order valence-electron chi connectivity index (χ1n) is 6.67. The molecule has 1 saturated heterocycles. The van der Waals surface area contributed by atoms with Gasteiger partial charge in [0.25, 0.3) is 5.91 Å². The number of ether oxygens (including phenoxy) is 1. The maximum atomic E-state index is 13.0. The smallest absolute Gasteiger partial charge is 0.419 e. The zero-order valence-electron chi connectivity index (χ0n) is 11.2. The normalized spacial score (nSPS) is 19.8. The van der Waals surface area contributed by atoms with Crippen LogP contribution >= 0.6 is 0 Å². The van der Waals surface area contributed by atoms with E-state index in [0.29, 0.717) is 19.4 Å². The molecule has 2 rings (SSSR count). The van der Waals surface area contributed by atoms with Crippen LogP contribution in [0.15, 0.2) is 18.2 Å². The molecule has 1 atom stereocenters. The molecule has 1 aliphatic heterocycles. The van der Waals surface area contributed by atoms with E-state index in [-0.39, 0.29) is 11.3 Å². The fourth-order valence-electron chi connectivity index (χ4n) is 2.18. The van der Waals surface area contributed by atoms with Crippen molar-refractivity contribution in [1.82, 2.24) is 5.32 Å². The van der Waals surface area contributed by atoms with Gasteiger partial charge < -0.3 is 15.2 Å². The molecule has 0 bridgehead atoms. The van der Waals surface area contributed by atoms with Crippen LogP contribution < -0.4 is 10.1 Å². The maximum absolute atomic E-state index is 13.0. The summed E-state index contributed by atoms with van der Waals surface area (Å²) in [5.74, 6) is -0.784. The standard InChI is InChI=1S/C14H16F3NO3/c15-14(16,17)10-7-9(8-19)4-5-11(10)21-12-3-1-2-6-18-13(12)20/h4-5,7,12,19H,1-3,6,8H2,(H,18,20). The Hall–Kier alpha value is -1.76. The molecule has 2 N–H and O–H groups in total. The highest BCUT2D eigenvalue weighted by atomic mass is 19.4. The summed E-state index contributed by atoms with van der Waals surface area (Å²) in [7, 11) is 0. The van der Waals surface area contributed by atoms with Crippen LogP contribution in [0.4, 0.5) is 13.2 Å². The summed E-state index contributed by atoms with van der Waals surface area (Å²) in [5, 5.41) is 11.6. The highest BCUT2D eigenvalue weighted by Gasteiger charge is 2.36. The van der Waals surface area contributed by atoms with Crippen LogP contribution in [0, 0.1) is 0 Å². The number of nitrogens with one attached hydrogen (secondary N) is 1. The molecule has 1 unspecified atom stereocenters. The molecule has 1 amide bonds. The minimum atomic E-state index is -4.61. The van der Waals surface area contributed by atoms with Crippen LogP contribution in [0.1, 0.15) is 30.4 Å². The van der Waals surface area contributed by atoms with Gasteiger partial charge >= 0.3 is 6.18 Å². The van der Waals surface area contributed by atoms with E-state index < -0.39 is 30.4 Å². The van der Waals surface area contributed by atoms with Crippen LogP contribution in [0.3, 0.4) is 0 Å². The summed E-state index contributed by atoms with van der Waals surface area (Å²) in [6, 6.07) is 3.33. The van der Waals surface area contributed by atoms with Gasteiger partial charge in [0.1, 0.15) is 5.75 Å². The molecule has 0 radical (unpaired) electrons. The zero-order valence-corrected chi connectivity index (χ0v) is 11.2. The van der Waals surface area contributed by atoms with E-state index >= 15 is 0 Å². The summed E-state index contributed by atoms with van der Waals surface area (Å²) < 4.78 is 44.4. The average Bonchev–Trinajstić information content (AvgIpc) is 2.63. The average molecular weight is 303 g/mol. The quantitative estimate of drug-likeness (QED) is 0.900. The van der Waals surface area contributed by atoms with Gasteiger partial charge in [0, 0.05) is 6.54 Å². The number of alkyl halides is 3. The Balaban J connectivity index is 2.28. The van der Waals surface area contributed by atoms with Crippen LogP contribution in [0.5, 0.6) is 5.75 Å². The van der Waals surface area contributed by atoms with E-state index in [1.54, 1.807) is 0 Å². The molecule has 0 saturated carbocycles. The van der Waals surface area contributed by atoms with Crippen molar-refractivity contribution in [2.75, 3.05) is 6.54 Å². The molecular formula is C14H16F3NO3. The predicted octanol–water partition coefficient (Wildman–Crippen LogP) is 2.25. The van der Waals surface area contributed by atoms with Crippen LogP contribution in [0.25, 0.3) is 0 Å². The largest absolute Gasteiger partial charge is 0.480 e. The Morgan fingerprint density at radius 3 is 2.76 bits per heavy atom. The van der Waals surface area contributed by atoms with E-state index in [1.165, 1.54) is 6.07 Å². The number of halogens is 3. The van der Waals surface area contributed by atoms with Crippen molar-refractivity contribution < 1.29 is 27.8 Å². The number of hydrogen-bond donors (Lipinski definition) is 2. The minimum Gasteiger partial charge on any atom is -0.480 e. The van der Waals surface area contributed by atoms with Crippen LogP contribution in [-0.4, -0.2) is 23.7 Å². The lowest BCUT2D eigenvalue weighted by atomic mass is 10.1. The highest BCUT2D eigenvalue weighted by Crippen LogP contribution is 2.37. The molecule has 1 aromatic rings. The number of hydrogen-bond acceptors (Lipinski definition) is 3. The lowest BCUT2D eigenvalue weighted by Crippen LogP contribution is -2.36. The summed E-state index contributed by atoms with van der Waals surface area (Å²) >= 11 is 0. The molecule has 4 nitrogen and oxygen atoms in total. The predicted molar refractivity (Wildman–Crippen MR) is 68.6 cm³/mol. The van der Waals surface area contributed by atoms with Gasteiger partial charge in [-0.15, -0.1) is 0 Å². The van der Waals surface area contributed by atoms with Crippen molar-refractivity contribution >= 4 is 5.91 Å². The number of benzene rings is 1. The monoisotopic (exact) mass is 303 g/mol. The highest BCUT2D eigenvalue weighted by molar-refractivity contribution is 5.81. The number of carbonyl (C=O) groups is 1. The first kappa shape index (κ1) is 15.6. The number of aliphatic hydroxyl groups is 1. The minimum absolute atomic E-state index is 0.139. The number of carbonyl (C=O) groups excluding carboxylic acids is 1. The first-order chi connectivity index (χ1) is 9.91. The van der Waals surface area contributed by atoms with E-state index in [4.69, 9.17) is 9.84 Å². The molecule has 1 aromatic carbocycles. The van der Waals surface area contributed by atoms with Gasteiger partial charge in [-0.2, -0.15) is 13.2 Å². The van der Waals surface area contributed by atoms with Crippen molar-refractivity contribution in [2.24, 2.45) is 0 Å². The van der Waals surface area contributed by atoms with Crippen molar-refractivity contribution in [3.63, 3.8) is 0 Å². The molecule has 0 aromatic heterocycles. The Kier molecular flexibility index (Phi) is 4.72. The van der Waals surface area contributed by atoms with Gasteiger partial charge in [0.2, 0.25) is 0 Å². The molecule has 1 fully saturated rings. The molecular weight excluding hydrogens is 287 g/mol. The first-order valence-corrected chi connectivity index (χ1v) is 6.67. The summed E-state index contributed by atoms with van der Waals surface area (Å²) in [6.45, 7) is 0.0154. The Morgan fingerprint density at radius 1 is 1.33 bits per heavy atom. The Labute approximate surface area is 119 Å². The van der Waals surface area contributed by atoms with Gasteiger partial charge in [-0.05, 0) is 37.0 Å². The van der Waals surface area contributed by atoms with E-state index in [2.05, 4.69) is 5.32 Å².